The molecule has 136 valence electrons. The molecule has 1 atom stereocenters. The second-order valence-electron chi connectivity index (χ2n) is 5.20. The number of unbranched alkanes of at least 4 members (excludes halogenated alkanes) is 1. The highest BCUT2D eigenvalue weighted by atomic mass is 32.2. The first kappa shape index (κ1) is 22.2. The monoisotopic (exact) mass is 349 g/mol. The van der Waals surface area contributed by atoms with E-state index in [2.05, 4.69) is 10.6 Å². The van der Waals surface area contributed by atoms with Gasteiger partial charge in [-0.25, -0.2) is 0 Å². The van der Waals surface area contributed by atoms with Crippen LogP contribution < -0.4 is 10.6 Å². The Kier molecular flexibility index (Phi) is 14.2. The predicted octanol–water partition coefficient (Wildman–Crippen LogP) is -0.573. The number of thioether (sulfide) groups is 1. The maximum atomic E-state index is 12.0. The van der Waals surface area contributed by atoms with Crippen molar-refractivity contribution in [2.24, 2.45) is 0 Å². The molecule has 0 aromatic carbocycles. The van der Waals surface area contributed by atoms with E-state index >= 15 is 0 Å². The molecular formula is C15H31N3O4S. The van der Waals surface area contributed by atoms with Crippen molar-refractivity contribution in [3.63, 3.8) is 0 Å². The van der Waals surface area contributed by atoms with Gasteiger partial charge >= 0.3 is 0 Å². The molecule has 0 fully saturated rings. The van der Waals surface area contributed by atoms with Crippen molar-refractivity contribution in [2.75, 3.05) is 51.9 Å². The Morgan fingerprint density at radius 2 is 1.83 bits per heavy atom. The van der Waals surface area contributed by atoms with Gasteiger partial charge in [-0.3, -0.25) is 14.5 Å². The van der Waals surface area contributed by atoms with E-state index in [1.807, 2.05) is 6.26 Å². The smallest absolute Gasteiger partial charge is 0.237 e. The Labute approximate surface area is 143 Å². The minimum Gasteiger partial charge on any atom is -0.395 e. The van der Waals surface area contributed by atoms with Gasteiger partial charge in [-0.15, -0.1) is 0 Å². The van der Waals surface area contributed by atoms with Crippen LogP contribution in [0.4, 0.5) is 0 Å². The summed E-state index contributed by atoms with van der Waals surface area (Å²) in [5.74, 6) is 0.766. The van der Waals surface area contributed by atoms with Crippen LogP contribution in [0.1, 0.15) is 25.7 Å². The molecular weight excluding hydrogens is 318 g/mol. The molecule has 0 spiro atoms. The first-order valence-electron chi connectivity index (χ1n) is 8.03. The van der Waals surface area contributed by atoms with Gasteiger partial charge in [-0.1, -0.05) is 0 Å². The van der Waals surface area contributed by atoms with Crippen LogP contribution in [0, 0.1) is 0 Å². The van der Waals surface area contributed by atoms with E-state index in [-0.39, 0.29) is 31.1 Å². The van der Waals surface area contributed by atoms with Crippen LogP contribution in [0.15, 0.2) is 0 Å². The molecule has 0 rings (SSSR count). The van der Waals surface area contributed by atoms with Gasteiger partial charge in [-0.05, 0) is 25.5 Å². The Bertz CT molecular complexity index is 326. The molecule has 1 unspecified atom stereocenters. The van der Waals surface area contributed by atoms with Crippen molar-refractivity contribution in [3.8, 4) is 0 Å². The van der Waals surface area contributed by atoms with Gasteiger partial charge in [0.2, 0.25) is 11.8 Å². The van der Waals surface area contributed by atoms with E-state index in [1.165, 1.54) is 0 Å². The van der Waals surface area contributed by atoms with E-state index < -0.39 is 0 Å². The number of hydrogen-bond donors (Lipinski definition) is 4. The van der Waals surface area contributed by atoms with E-state index in [0.717, 1.165) is 18.6 Å². The number of carbonyl (C=O) groups is 2. The molecule has 2 amide bonds. The largest absolute Gasteiger partial charge is 0.395 e. The lowest BCUT2D eigenvalue weighted by molar-refractivity contribution is -0.126. The van der Waals surface area contributed by atoms with Crippen LogP contribution >= 0.6 is 11.8 Å². The molecule has 0 saturated carbocycles. The first-order chi connectivity index (χ1) is 11.1. The summed E-state index contributed by atoms with van der Waals surface area (Å²) in [6.45, 7) is 1.19. The van der Waals surface area contributed by atoms with Gasteiger partial charge in [0.05, 0.1) is 19.3 Å². The quantitative estimate of drug-likeness (QED) is 0.313. The van der Waals surface area contributed by atoms with Crippen molar-refractivity contribution < 1.29 is 19.8 Å². The number of amides is 2. The third-order valence-corrected chi connectivity index (χ3v) is 4.14. The highest BCUT2D eigenvalue weighted by Crippen LogP contribution is 2.09. The molecule has 23 heavy (non-hydrogen) atoms. The van der Waals surface area contributed by atoms with Gasteiger partial charge < -0.3 is 20.8 Å². The number of rotatable bonds is 14. The molecule has 0 heterocycles. The standard InChI is InChI=1S/C15H31N3O4S/c1-16-15(22)13(18(8-10-19)9-11-20)5-3-4-7-17-14(21)6-12-23-2/h13,19-20H,3-12H2,1-2H3,(H,16,22)(H,17,21). The summed E-state index contributed by atoms with van der Waals surface area (Å²) in [6.07, 6.45) is 4.71. The summed E-state index contributed by atoms with van der Waals surface area (Å²) >= 11 is 1.64. The van der Waals surface area contributed by atoms with Crippen LogP contribution in [0.5, 0.6) is 0 Å². The van der Waals surface area contributed by atoms with Crippen LogP contribution in [-0.4, -0.2) is 84.9 Å². The van der Waals surface area contributed by atoms with E-state index in [4.69, 9.17) is 10.2 Å². The molecule has 0 radical (unpaired) electrons. The fraction of sp³-hybridized carbons (Fsp3) is 0.867. The van der Waals surface area contributed by atoms with Gasteiger partial charge in [-0.2, -0.15) is 11.8 Å². The fourth-order valence-corrected chi connectivity index (χ4v) is 2.69. The maximum absolute atomic E-state index is 12.0. The van der Waals surface area contributed by atoms with Crippen molar-refractivity contribution in [1.29, 1.82) is 0 Å². The highest BCUT2D eigenvalue weighted by molar-refractivity contribution is 7.98. The molecule has 0 aromatic rings. The first-order valence-corrected chi connectivity index (χ1v) is 9.43. The van der Waals surface area contributed by atoms with Gasteiger partial charge in [0.1, 0.15) is 0 Å². The zero-order valence-corrected chi connectivity index (χ0v) is 15.0. The Morgan fingerprint density at radius 1 is 1.17 bits per heavy atom. The van der Waals surface area contributed by atoms with Crippen LogP contribution in [0.3, 0.4) is 0 Å². The van der Waals surface area contributed by atoms with E-state index in [1.54, 1.807) is 23.7 Å². The number of likely N-dealkylation sites (N-methyl/N-ethyl adjacent to an activating group) is 1. The molecule has 7 nitrogen and oxygen atoms in total. The zero-order chi connectivity index (χ0) is 17.5. The van der Waals surface area contributed by atoms with Crippen LogP contribution in [0.2, 0.25) is 0 Å². The normalized spacial score (nSPS) is 12.2. The van der Waals surface area contributed by atoms with Crippen molar-refractivity contribution in [1.82, 2.24) is 15.5 Å². The second-order valence-corrected chi connectivity index (χ2v) is 6.19. The highest BCUT2D eigenvalue weighted by Gasteiger charge is 2.23. The number of nitrogens with zero attached hydrogens (tertiary/aromatic N) is 1. The summed E-state index contributed by atoms with van der Waals surface area (Å²) in [6, 6.07) is -0.369. The molecule has 0 aliphatic heterocycles. The number of hydrogen-bond acceptors (Lipinski definition) is 6. The Hall–Kier alpha value is -0.830. The number of aliphatic hydroxyl groups excluding tert-OH is 2. The van der Waals surface area contributed by atoms with E-state index in [0.29, 0.717) is 32.5 Å². The minimum atomic E-state index is -0.369. The summed E-state index contributed by atoms with van der Waals surface area (Å²) in [7, 11) is 1.58. The lowest BCUT2D eigenvalue weighted by atomic mass is 10.1. The van der Waals surface area contributed by atoms with Crippen LogP contribution in [0.25, 0.3) is 0 Å². The van der Waals surface area contributed by atoms with Crippen molar-refractivity contribution in [3.05, 3.63) is 0 Å². The maximum Gasteiger partial charge on any atom is 0.237 e. The molecule has 0 aromatic heterocycles. The summed E-state index contributed by atoms with van der Waals surface area (Å²) in [4.78, 5) is 25.3. The third-order valence-electron chi connectivity index (χ3n) is 3.52. The molecule has 0 saturated heterocycles. The SMILES string of the molecule is CNC(=O)C(CCCCNC(=O)CCSC)N(CCO)CCO. The second kappa shape index (κ2) is 14.7. The molecule has 4 N–H and O–H groups in total. The average molecular weight is 349 g/mol. The number of nitrogens with one attached hydrogen (secondary N) is 2. The van der Waals surface area contributed by atoms with Crippen molar-refractivity contribution in [2.45, 2.75) is 31.7 Å². The Morgan fingerprint density at radius 3 is 2.35 bits per heavy atom. The summed E-state index contributed by atoms with van der Waals surface area (Å²) in [5.41, 5.74) is 0. The molecule has 8 heteroatoms. The van der Waals surface area contributed by atoms with Gasteiger partial charge in [0.15, 0.2) is 0 Å². The van der Waals surface area contributed by atoms with E-state index in [9.17, 15) is 9.59 Å². The number of carbonyl (C=O) groups excluding carboxylic acids is 2. The molecule has 0 aliphatic rings. The van der Waals surface area contributed by atoms with Gasteiger partial charge in [0.25, 0.3) is 0 Å². The summed E-state index contributed by atoms with van der Waals surface area (Å²) in [5, 5.41) is 23.7. The third kappa shape index (κ3) is 10.5. The van der Waals surface area contributed by atoms with Crippen LogP contribution in [-0.2, 0) is 9.59 Å². The topological polar surface area (TPSA) is 102 Å². The summed E-state index contributed by atoms with van der Waals surface area (Å²) < 4.78 is 0. The predicted molar refractivity (Wildman–Crippen MR) is 93.5 cm³/mol. The number of aliphatic hydroxyl groups is 2. The lowest BCUT2D eigenvalue weighted by Gasteiger charge is -2.29. The molecule has 0 aliphatic carbocycles. The lowest BCUT2D eigenvalue weighted by Crippen LogP contribution is -2.48. The van der Waals surface area contributed by atoms with Gasteiger partial charge in [0, 0.05) is 38.9 Å². The minimum absolute atomic E-state index is 0.0566. The zero-order valence-electron chi connectivity index (χ0n) is 14.2. The average Bonchev–Trinajstić information content (AvgIpc) is 2.55. The fourth-order valence-electron chi connectivity index (χ4n) is 2.30. The Balaban J connectivity index is 4.19. The van der Waals surface area contributed by atoms with Crippen molar-refractivity contribution >= 4 is 23.6 Å². The molecule has 0 bridgehead atoms.